The monoisotopic (exact) mass is 479 g/mol. The molecule has 0 bridgehead atoms. The van der Waals surface area contributed by atoms with E-state index in [0.717, 1.165) is 22.3 Å². The molecule has 3 aromatic heterocycles. The van der Waals surface area contributed by atoms with Crippen molar-refractivity contribution in [1.82, 2.24) is 9.97 Å². The van der Waals surface area contributed by atoms with Crippen LogP contribution < -0.4 is 10.1 Å². The fraction of sp³-hybridized carbons (Fsp3) is 0.190. The van der Waals surface area contributed by atoms with Gasteiger partial charge in [0, 0.05) is 18.7 Å². The lowest BCUT2D eigenvalue weighted by atomic mass is 10.1. The van der Waals surface area contributed by atoms with Crippen molar-refractivity contribution in [2.75, 3.05) is 11.9 Å². The highest BCUT2D eigenvalue weighted by molar-refractivity contribution is 7.17. The molecule has 0 aliphatic heterocycles. The molecule has 0 radical (unpaired) electrons. The average molecular weight is 480 g/mol. The number of aromatic nitrogens is 2. The highest BCUT2D eigenvalue weighted by atomic mass is 32.1. The van der Waals surface area contributed by atoms with Crippen molar-refractivity contribution in [2.45, 2.75) is 19.5 Å². The molecule has 0 atom stereocenters. The molecule has 0 spiro atoms. The third kappa shape index (κ3) is 5.17. The molecule has 4 rings (SSSR count). The molecule has 0 aliphatic carbocycles. The number of carboxylic acids is 1. The van der Waals surface area contributed by atoms with Gasteiger partial charge < -0.3 is 15.2 Å². The molecule has 3 heterocycles. The van der Waals surface area contributed by atoms with Crippen molar-refractivity contribution in [1.29, 1.82) is 0 Å². The Morgan fingerprint density at radius 2 is 2.06 bits per heavy atom. The topological polar surface area (TPSA) is 84.3 Å². The van der Waals surface area contributed by atoms with Crippen LogP contribution in [0.5, 0.6) is 5.75 Å². The summed E-state index contributed by atoms with van der Waals surface area (Å²) in [6.07, 6.45) is 1.45. The molecular formula is C21H16F3N3O3S2. The maximum Gasteiger partial charge on any atom is 0.387 e. The maximum atomic E-state index is 14.1. The van der Waals surface area contributed by atoms with Crippen molar-refractivity contribution in [3.63, 3.8) is 0 Å². The predicted octanol–water partition coefficient (Wildman–Crippen LogP) is 5.44. The lowest BCUT2D eigenvalue weighted by Crippen LogP contribution is -2.06. The molecule has 166 valence electrons. The summed E-state index contributed by atoms with van der Waals surface area (Å²) in [7, 11) is 0. The van der Waals surface area contributed by atoms with Gasteiger partial charge in [0.2, 0.25) is 0 Å². The number of ether oxygens (including phenoxy) is 1. The Morgan fingerprint density at radius 1 is 1.22 bits per heavy atom. The molecule has 32 heavy (non-hydrogen) atoms. The van der Waals surface area contributed by atoms with Crippen LogP contribution in [0.4, 0.5) is 19.0 Å². The van der Waals surface area contributed by atoms with Crippen LogP contribution in [-0.2, 0) is 17.6 Å². The SMILES string of the molecule is O=C(O)Cc1sc(-c2cc(NCCc3cc(F)c4sccc4c3)ncn2)cc1OC(F)F. The zero-order chi connectivity index (χ0) is 22.7. The van der Waals surface area contributed by atoms with Crippen molar-refractivity contribution < 1.29 is 27.8 Å². The number of anilines is 1. The first kappa shape index (κ1) is 22.0. The fourth-order valence-corrected chi connectivity index (χ4v) is 5.00. The number of hydrogen-bond acceptors (Lipinski definition) is 7. The highest BCUT2D eigenvalue weighted by Gasteiger charge is 2.18. The molecular weight excluding hydrogens is 463 g/mol. The van der Waals surface area contributed by atoms with Gasteiger partial charge in [-0.2, -0.15) is 8.78 Å². The van der Waals surface area contributed by atoms with Crippen LogP contribution >= 0.6 is 22.7 Å². The molecule has 1 aromatic carbocycles. The molecule has 0 saturated heterocycles. The second-order valence-electron chi connectivity index (χ2n) is 6.73. The van der Waals surface area contributed by atoms with E-state index in [4.69, 9.17) is 5.11 Å². The Labute approximate surface area is 188 Å². The largest absolute Gasteiger partial charge is 0.481 e. The van der Waals surface area contributed by atoms with Gasteiger partial charge in [-0.05, 0) is 34.9 Å². The first-order valence-electron chi connectivity index (χ1n) is 9.40. The number of benzene rings is 1. The van der Waals surface area contributed by atoms with Gasteiger partial charge in [-0.15, -0.1) is 22.7 Å². The van der Waals surface area contributed by atoms with E-state index in [0.29, 0.717) is 34.1 Å². The Bertz CT molecular complexity index is 1260. The Kier molecular flexibility index (Phi) is 6.56. The second-order valence-corrected chi connectivity index (χ2v) is 8.78. The Hall–Kier alpha value is -3.18. The lowest BCUT2D eigenvalue weighted by molar-refractivity contribution is -0.136. The van der Waals surface area contributed by atoms with Crippen LogP contribution in [0.25, 0.3) is 20.7 Å². The van der Waals surface area contributed by atoms with E-state index in [-0.39, 0.29) is 16.4 Å². The van der Waals surface area contributed by atoms with Gasteiger partial charge in [0.15, 0.2) is 0 Å². The third-order valence-electron chi connectivity index (χ3n) is 4.50. The summed E-state index contributed by atoms with van der Waals surface area (Å²) in [5.41, 5.74) is 1.29. The van der Waals surface area contributed by atoms with Crippen LogP contribution in [0.3, 0.4) is 0 Å². The number of nitrogens with zero attached hydrogens (tertiary/aromatic N) is 2. The summed E-state index contributed by atoms with van der Waals surface area (Å²) >= 11 is 2.38. The van der Waals surface area contributed by atoms with E-state index < -0.39 is 19.0 Å². The number of rotatable bonds is 9. The van der Waals surface area contributed by atoms with Gasteiger partial charge in [-0.3, -0.25) is 4.79 Å². The van der Waals surface area contributed by atoms with Gasteiger partial charge in [-0.25, -0.2) is 14.4 Å². The van der Waals surface area contributed by atoms with Crippen molar-refractivity contribution in [3.05, 3.63) is 58.3 Å². The van der Waals surface area contributed by atoms with E-state index in [2.05, 4.69) is 20.0 Å². The van der Waals surface area contributed by atoms with Crippen LogP contribution in [-0.4, -0.2) is 34.2 Å². The van der Waals surface area contributed by atoms with E-state index in [1.807, 2.05) is 17.5 Å². The Balaban J connectivity index is 1.47. The minimum absolute atomic E-state index is 0.173. The van der Waals surface area contributed by atoms with Crippen LogP contribution in [0.1, 0.15) is 10.4 Å². The first-order valence-corrected chi connectivity index (χ1v) is 11.1. The smallest absolute Gasteiger partial charge is 0.387 e. The zero-order valence-electron chi connectivity index (χ0n) is 16.3. The van der Waals surface area contributed by atoms with E-state index in [1.165, 1.54) is 29.8 Å². The number of carboxylic acid groups (broad SMARTS) is 1. The first-order chi connectivity index (χ1) is 15.4. The molecule has 4 aromatic rings. The van der Waals surface area contributed by atoms with Crippen LogP contribution in [0.2, 0.25) is 0 Å². The zero-order valence-corrected chi connectivity index (χ0v) is 18.0. The Morgan fingerprint density at radius 3 is 2.84 bits per heavy atom. The van der Waals surface area contributed by atoms with Gasteiger partial charge in [-0.1, -0.05) is 6.07 Å². The van der Waals surface area contributed by atoms with E-state index in [1.54, 1.807) is 6.07 Å². The van der Waals surface area contributed by atoms with Crippen molar-refractivity contribution >= 4 is 44.5 Å². The van der Waals surface area contributed by atoms with Gasteiger partial charge in [0.25, 0.3) is 0 Å². The number of nitrogens with one attached hydrogen (secondary N) is 1. The minimum atomic E-state index is -3.06. The summed E-state index contributed by atoms with van der Waals surface area (Å²) < 4.78 is 44.6. The lowest BCUT2D eigenvalue weighted by Gasteiger charge is -2.07. The quantitative estimate of drug-likeness (QED) is 0.333. The third-order valence-corrected chi connectivity index (χ3v) is 6.58. The summed E-state index contributed by atoms with van der Waals surface area (Å²) in [6, 6.07) is 8.32. The number of alkyl halides is 2. The number of carbonyl (C=O) groups is 1. The standard InChI is InChI=1S/C21H16F3N3O3S2/c22-13-6-11(5-12-2-4-31-20(12)13)1-3-25-18-7-14(26-10-27-18)16-8-15(30-21(23)24)17(32-16)9-19(28)29/h2,4-8,10,21H,1,3,9H2,(H,28,29)(H,25,26,27). The molecule has 6 nitrogen and oxygen atoms in total. The number of fused-ring (bicyclic) bond motifs is 1. The van der Waals surface area contributed by atoms with Gasteiger partial charge >= 0.3 is 12.6 Å². The summed E-state index contributed by atoms with van der Waals surface area (Å²) in [5.74, 6) is -1.08. The molecule has 0 amide bonds. The summed E-state index contributed by atoms with van der Waals surface area (Å²) in [6.45, 7) is -2.58. The molecule has 2 N–H and O–H groups in total. The number of halogens is 3. The average Bonchev–Trinajstić information content (AvgIpc) is 3.35. The highest BCUT2D eigenvalue weighted by Crippen LogP contribution is 2.37. The number of thiophene rings is 2. The molecule has 0 saturated carbocycles. The number of aliphatic carboxylic acids is 1. The fourth-order valence-electron chi connectivity index (χ4n) is 3.16. The normalized spacial score (nSPS) is 11.2. The molecule has 0 unspecified atom stereocenters. The van der Waals surface area contributed by atoms with E-state index >= 15 is 0 Å². The van der Waals surface area contributed by atoms with Crippen molar-refractivity contribution in [2.24, 2.45) is 0 Å². The number of hydrogen-bond donors (Lipinski definition) is 2. The van der Waals surface area contributed by atoms with Crippen LogP contribution in [0, 0.1) is 5.82 Å². The summed E-state index contributed by atoms with van der Waals surface area (Å²) in [5, 5.41) is 14.9. The van der Waals surface area contributed by atoms with Crippen molar-refractivity contribution in [3.8, 4) is 16.3 Å². The maximum absolute atomic E-state index is 14.1. The van der Waals surface area contributed by atoms with E-state index in [9.17, 15) is 18.0 Å². The van der Waals surface area contributed by atoms with Gasteiger partial charge in [0.05, 0.1) is 26.6 Å². The molecule has 0 fully saturated rings. The van der Waals surface area contributed by atoms with Gasteiger partial charge in [0.1, 0.15) is 23.7 Å². The van der Waals surface area contributed by atoms with Crippen LogP contribution in [0.15, 0.2) is 42.0 Å². The molecule has 0 aliphatic rings. The minimum Gasteiger partial charge on any atom is -0.481 e. The predicted molar refractivity (Wildman–Crippen MR) is 117 cm³/mol. The molecule has 11 heteroatoms. The summed E-state index contributed by atoms with van der Waals surface area (Å²) in [4.78, 5) is 20.0. The second kappa shape index (κ2) is 9.53.